The molecule has 0 aliphatic rings. The largest absolute Gasteiger partial charge is 0.416 e. The predicted octanol–water partition coefficient (Wildman–Crippen LogP) is 5.31. The maximum Gasteiger partial charge on any atom is 0.416 e. The SMILES string of the molecule is Fc1ccc(C(F)(F)F)cc1NC(=S)Nc1ccc(Cl)cc1. The number of thiocarbonyl (C=S) groups is 1. The zero-order valence-electron chi connectivity index (χ0n) is 10.8. The van der Waals surface area contributed by atoms with E-state index < -0.39 is 17.6 Å². The molecule has 0 spiro atoms. The average Bonchev–Trinajstić information content (AvgIpc) is 2.42. The minimum Gasteiger partial charge on any atom is -0.332 e. The summed E-state index contributed by atoms with van der Waals surface area (Å²) >= 11 is 10.7. The monoisotopic (exact) mass is 348 g/mol. The Labute approximate surface area is 134 Å². The van der Waals surface area contributed by atoms with E-state index in [0.717, 1.165) is 6.07 Å². The molecule has 0 fully saturated rings. The van der Waals surface area contributed by atoms with Crippen molar-refractivity contribution in [3.63, 3.8) is 0 Å². The van der Waals surface area contributed by atoms with Crippen LogP contribution < -0.4 is 10.6 Å². The van der Waals surface area contributed by atoms with Crippen LogP contribution in [0.1, 0.15) is 5.56 Å². The van der Waals surface area contributed by atoms with Crippen LogP contribution in [0.3, 0.4) is 0 Å². The van der Waals surface area contributed by atoms with Crippen LogP contribution in [0.5, 0.6) is 0 Å². The highest BCUT2D eigenvalue weighted by atomic mass is 35.5. The summed E-state index contributed by atoms with van der Waals surface area (Å²) in [6.45, 7) is 0. The van der Waals surface area contributed by atoms with Gasteiger partial charge in [-0.15, -0.1) is 0 Å². The van der Waals surface area contributed by atoms with Gasteiger partial charge in [0, 0.05) is 10.7 Å². The van der Waals surface area contributed by atoms with Crippen molar-refractivity contribution < 1.29 is 17.6 Å². The van der Waals surface area contributed by atoms with E-state index in [9.17, 15) is 17.6 Å². The Morgan fingerprint density at radius 1 is 1.00 bits per heavy atom. The van der Waals surface area contributed by atoms with Crippen molar-refractivity contribution in [3.8, 4) is 0 Å². The Hall–Kier alpha value is -1.86. The maximum absolute atomic E-state index is 13.6. The van der Waals surface area contributed by atoms with E-state index in [0.29, 0.717) is 22.8 Å². The normalized spacial score (nSPS) is 11.1. The van der Waals surface area contributed by atoms with Crippen LogP contribution in [0.4, 0.5) is 28.9 Å². The summed E-state index contributed by atoms with van der Waals surface area (Å²) in [5, 5.41) is 5.60. The molecular formula is C14H9ClF4N2S. The summed E-state index contributed by atoms with van der Waals surface area (Å²) in [7, 11) is 0. The first-order valence-electron chi connectivity index (χ1n) is 5.96. The van der Waals surface area contributed by atoms with Crippen LogP contribution >= 0.6 is 23.8 Å². The van der Waals surface area contributed by atoms with Crippen LogP contribution in [-0.4, -0.2) is 5.11 Å². The standard InChI is InChI=1S/C14H9ClF4N2S/c15-9-2-4-10(5-3-9)20-13(22)21-12-7-8(14(17,18)19)1-6-11(12)16/h1-7H,(H2,20,21,22). The Balaban J connectivity index is 2.12. The van der Waals surface area contributed by atoms with E-state index >= 15 is 0 Å². The van der Waals surface area contributed by atoms with Gasteiger partial charge in [-0.3, -0.25) is 0 Å². The molecule has 0 aliphatic carbocycles. The van der Waals surface area contributed by atoms with Gasteiger partial charge in [0.2, 0.25) is 0 Å². The number of alkyl halides is 3. The molecule has 8 heteroatoms. The van der Waals surface area contributed by atoms with Gasteiger partial charge in [-0.05, 0) is 54.7 Å². The molecule has 0 saturated carbocycles. The molecule has 116 valence electrons. The fourth-order valence-corrected chi connectivity index (χ4v) is 1.97. The topological polar surface area (TPSA) is 24.1 Å². The average molecular weight is 349 g/mol. The van der Waals surface area contributed by atoms with E-state index in [4.69, 9.17) is 23.8 Å². The van der Waals surface area contributed by atoms with Gasteiger partial charge in [0.25, 0.3) is 0 Å². The Morgan fingerprint density at radius 2 is 1.64 bits per heavy atom. The van der Waals surface area contributed by atoms with Crippen LogP contribution in [0, 0.1) is 5.82 Å². The van der Waals surface area contributed by atoms with Gasteiger partial charge in [0.1, 0.15) is 5.82 Å². The molecule has 2 aromatic rings. The number of rotatable bonds is 2. The summed E-state index contributed by atoms with van der Waals surface area (Å²) in [5.74, 6) is -0.840. The van der Waals surface area contributed by atoms with Crippen molar-refractivity contribution in [2.75, 3.05) is 10.6 Å². The molecule has 0 amide bonds. The Bertz CT molecular complexity index is 686. The third-order valence-electron chi connectivity index (χ3n) is 2.64. The molecule has 0 atom stereocenters. The lowest BCUT2D eigenvalue weighted by Gasteiger charge is -2.13. The maximum atomic E-state index is 13.6. The number of hydrogen-bond donors (Lipinski definition) is 2. The highest BCUT2D eigenvalue weighted by Gasteiger charge is 2.31. The quantitative estimate of drug-likeness (QED) is 0.568. The molecule has 0 saturated heterocycles. The fraction of sp³-hybridized carbons (Fsp3) is 0.0714. The summed E-state index contributed by atoms with van der Waals surface area (Å²) in [6, 6.07) is 8.52. The van der Waals surface area contributed by atoms with Crippen molar-refractivity contribution in [3.05, 3.63) is 58.9 Å². The van der Waals surface area contributed by atoms with E-state index in [-0.39, 0.29) is 10.8 Å². The first-order chi connectivity index (χ1) is 10.3. The van der Waals surface area contributed by atoms with Crippen molar-refractivity contribution in [1.29, 1.82) is 0 Å². The molecule has 22 heavy (non-hydrogen) atoms. The van der Waals surface area contributed by atoms with Crippen LogP contribution in [0.15, 0.2) is 42.5 Å². The minimum absolute atomic E-state index is 0.0412. The first kappa shape index (κ1) is 16.5. The number of halogens is 5. The van der Waals surface area contributed by atoms with Gasteiger partial charge in [-0.1, -0.05) is 11.6 Å². The first-order valence-corrected chi connectivity index (χ1v) is 6.74. The van der Waals surface area contributed by atoms with Gasteiger partial charge in [0.15, 0.2) is 5.11 Å². The van der Waals surface area contributed by atoms with E-state index in [2.05, 4.69) is 10.6 Å². The van der Waals surface area contributed by atoms with Crippen LogP contribution in [-0.2, 0) is 6.18 Å². The summed E-state index contributed by atoms with van der Waals surface area (Å²) in [5.41, 5.74) is -0.763. The van der Waals surface area contributed by atoms with Gasteiger partial charge < -0.3 is 10.6 Å². The molecule has 2 N–H and O–H groups in total. The van der Waals surface area contributed by atoms with E-state index in [1.165, 1.54) is 0 Å². The Kier molecular flexibility index (Phi) is 4.87. The third-order valence-corrected chi connectivity index (χ3v) is 3.10. The van der Waals surface area contributed by atoms with Crippen LogP contribution in [0.25, 0.3) is 0 Å². The zero-order chi connectivity index (χ0) is 16.3. The molecule has 0 radical (unpaired) electrons. The number of benzene rings is 2. The molecule has 2 rings (SSSR count). The molecule has 2 nitrogen and oxygen atoms in total. The molecule has 0 aromatic heterocycles. The highest BCUT2D eigenvalue weighted by Crippen LogP contribution is 2.31. The van der Waals surface area contributed by atoms with Gasteiger partial charge in [-0.2, -0.15) is 13.2 Å². The second-order valence-electron chi connectivity index (χ2n) is 4.28. The lowest BCUT2D eigenvalue weighted by Crippen LogP contribution is -2.20. The highest BCUT2D eigenvalue weighted by molar-refractivity contribution is 7.80. The zero-order valence-corrected chi connectivity index (χ0v) is 12.4. The van der Waals surface area contributed by atoms with Crippen molar-refractivity contribution in [1.82, 2.24) is 0 Å². The fourth-order valence-electron chi connectivity index (χ4n) is 1.62. The molecule has 0 aliphatic heterocycles. The van der Waals surface area contributed by atoms with E-state index in [1.807, 2.05) is 0 Å². The van der Waals surface area contributed by atoms with Gasteiger partial charge in [0.05, 0.1) is 11.3 Å². The lowest BCUT2D eigenvalue weighted by atomic mass is 10.2. The number of anilines is 2. The molecule has 0 unspecified atom stereocenters. The molecule has 2 aromatic carbocycles. The molecule has 0 heterocycles. The van der Waals surface area contributed by atoms with Crippen molar-refractivity contribution >= 4 is 40.3 Å². The van der Waals surface area contributed by atoms with Crippen molar-refractivity contribution in [2.24, 2.45) is 0 Å². The molecule has 0 bridgehead atoms. The lowest BCUT2D eigenvalue weighted by molar-refractivity contribution is -0.137. The smallest absolute Gasteiger partial charge is 0.332 e. The predicted molar refractivity (Wildman–Crippen MR) is 82.7 cm³/mol. The van der Waals surface area contributed by atoms with Gasteiger partial charge in [-0.25, -0.2) is 4.39 Å². The summed E-state index contributed by atoms with van der Waals surface area (Å²) in [4.78, 5) is 0. The number of hydrogen-bond acceptors (Lipinski definition) is 1. The minimum atomic E-state index is -4.56. The van der Waals surface area contributed by atoms with Crippen LogP contribution in [0.2, 0.25) is 5.02 Å². The summed E-state index contributed by atoms with van der Waals surface area (Å²) < 4.78 is 51.4. The van der Waals surface area contributed by atoms with Gasteiger partial charge >= 0.3 is 6.18 Å². The Morgan fingerprint density at radius 3 is 2.23 bits per heavy atom. The van der Waals surface area contributed by atoms with E-state index in [1.54, 1.807) is 24.3 Å². The number of nitrogens with one attached hydrogen (secondary N) is 2. The third kappa shape index (κ3) is 4.32. The summed E-state index contributed by atoms with van der Waals surface area (Å²) in [6.07, 6.45) is -4.56. The second kappa shape index (κ2) is 6.50. The van der Waals surface area contributed by atoms with Crippen molar-refractivity contribution in [2.45, 2.75) is 6.18 Å². The molecular weight excluding hydrogens is 340 g/mol. The second-order valence-corrected chi connectivity index (χ2v) is 5.12.